The Kier molecular flexibility index (Phi) is 4.79. The number of anilines is 1. The number of thioether (sulfide) groups is 1. The maximum absolute atomic E-state index is 12.7. The van der Waals surface area contributed by atoms with Gasteiger partial charge in [-0.2, -0.15) is 0 Å². The van der Waals surface area contributed by atoms with Crippen molar-refractivity contribution in [1.29, 1.82) is 0 Å². The number of hydrogen-bond acceptors (Lipinski definition) is 6. The van der Waals surface area contributed by atoms with Crippen molar-refractivity contribution in [2.45, 2.75) is 22.5 Å². The number of aromatic nitrogens is 1. The van der Waals surface area contributed by atoms with E-state index in [0.29, 0.717) is 5.13 Å². The van der Waals surface area contributed by atoms with Crippen LogP contribution in [0.2, 0.25) is 0 Å². The number of nitrogens with zero attached hydrogens (tertiary/aromatic N) is 1. The lowest BCUT2D eigenvalue weighted by Crippen LogP contribution is -2.17. The summed E-state index contributed by atoms with van der Waals surface area (Å²) in [6.07, 6.45) is 0. The summed E-state index contributed by atoms with van der Waals surface area (Å²) in [6, 6.07) is 14.3. The van der Waals surface area contributed by atoms with Crippen molar-refractivity contribution in [3.8, 4) is 11.3 Å². The zero-order valence-corrected chi connectivity index (χ0v) is 16.9. The Morgan fingerprint density at radius 1 is 1.15 bits per heavy atom. The smallest absolute Gasteiger partial charge is 0.258 e. The van der Waals surface area contributed by atoms with Gasteiger partial charge in [0.25, 0.3) is 5.91 Å². The molecule has 5 nitrogen and oxygen atoms in total. The average Bonchev–Trinajstić information content (AvgIpc) is 3.11. The minimum Gasteiger partial charge on any atom is -0.298 e. The largest absolute Gasteiger partial charge is 0.298 e. The lowest BCUT2D eigenvalue weighted by atomic mass is 10.1. The number of benzene rings is 2. The second-order valence-electron chi connectivity index (χ2n) is 5.93. The van der Waals surface area contributed by atoms with Crippen LogP contribution in [0.3, 0.4) is 0 Å². The molecular weight excluding hydrogens is 400 g/mol. The molecule has 1 aliphatic rings. The van der Waals surface area contributed by atoms with E-state index < -0.39 is 15.7 Å². The van der Waals surface area contributed by atoms with Crippen LogP contribution in [0.5, 0.6) is 0 Å². The Labute approximate surface area is 165 Å². The highest BCUT2D eigenvalue weighted by atomic mass is 32.2. The monoisotopic (exact) mass is 416 g/mol. The van der Waals surface area contributed by atoms with Crippen molar-refractivity contribution in [3.05, 3.63) is 59.0 Å². The molecule has 1 aromatic heterocycles. The zero-order chi connectivity index (χ0) is 19.0. The predicted octanol–water partition coefficient (Wildman–Crippen LogP) is 4.46. The van der Waals surface area contributed by atoms with Gasteiger partial charge in [-0.1, -0.05) is 37.3 Å². The van der Waals surface area contributed by atoms with Crippen molar-refractivity contribution in [2.75, 3.05) is 11.1 Å². The zero-order valence-electron chi connectivity index (χ0n) is 14.4. The highest BCUT2D eigenvalue weighted by Crippen LogP contribution is 2.44. The lowest BCUT2D eigenvalue weighted by Gasteiger charge is -2.13. The van der Waals surface area contributed by atoms with Crippen LogP contribution in [0.1, 0.15) is 22.2 Å². The van der Waals surface area contributed by atoms with Crippen molar-refractivity contribution in [3.63, 3.8) is 0 Å². The first kappa shape index (κ1) is 18.2. The highest BCUT2D eigenvalue weighted by Gasteiger charge is 2.24. The Balaban J connectivity index is 1.66. The minimum absolute atomic E-state index is 0.0484. The Morgan fingerprint density at radius 2 is 1.89 bits per heavy atom. The van der Waals surface area contributed by atoms with E-state index in [4.69, 9.17) is 0 Å². The van der Waals surface area contributed by atoms with Gasteiger partial charge >= 0.3 is 0 Å². The summed E-state index contributed by atoms with van der Waals surface area (Å²) in [4.78, 5) is 19.7. The molecule has 0 atom stereocenters. The fourth-order valence-corrected chi connectivity index (χ4v) is 6.08. The van der Waals surface area contributed by atoms with E-state index in [1.165, 1.54) is 28.4 Å². The van der Waals surface area contributed by atoms with Gasteiger partial charge in [0.05, 0.1) is 21.9 Å². The van der Waals surface area contributed by atoms with Crippen LogP contribution in [0.25, 0.3) is 11.3 Å². The number of nitrogens with one attached hydrogen (secondary N) is 1. The molecule has 2 heterocycles. The molecule has 0 radical (unpaired) electrons. The molecule has 0 fully saturated rings. The molecule has 0 saturated carbocycles. The second kappa shape index (κ2) is 7.10. The van der Waals surface area contributed by atoms with Gasteiger partial charge in [0.1, 0.15) is 0 Å². The molecule has 8 heteroatoms. The highest BCUT2D eigenvalue weighted by molar-refractivity contribution is 7.98. The van der Waals surface area contributed by atoms with Crippen LogP contribution in [-0.4, -0.2) is 25.1 Å². The second-order valence-corrected chi connectivity index (χ2v) is 10.3. The molecule has 0 bridgehead atoms. The van der Waals surface area contributed by atoms with Crippen LogP contribution < -0.4 is 5.32 Å². The Hall–Kier alpha value is -2.16. The normalized spacial score (nSPS) is 12.9. The molecule has 3 aromatic rings. The van der Waals surface area contributed by atoms with E-state index in [-0.39, 0.29) is 16.2 Å². The van der Waals surface area contributed by atoms with Gasteiger partial charge in [-0.25, -0.2) is 13.4 Å². The van der Waals surface area contributed by atoms with Crippen molar-refractivity contribution in [2.24, 2.45) is 0 Å². The molecular formula is C19H16N2O3S3. The van der Waals surface area contributed by atoms with Crippen LogP contribution >= 0.6 is 23.1 Å². The maximum atomic E-state index is 12.7. The summed E-state index contributed by atoms with van der Waals surface area (Å²) in [7, 11) is -3.49. The maximum Gasteiger partial charge on any atom is 0.258 e. The molecule has 1 N–H and O–H groups in total. The molecule has 0 saturated heterocycles. The predicted molar refractivity (Wildman–Crippen MR) is 109 cm³/mol. The number of sulfone groups is 1. The van der Waals surface area contributed by atoms with Gasteiger partial charge in [0, 0.05) is 21.1 Å². The molecule has 4 rings (SSSR count). The summed E-state index contributed by atoms with van der Waals surface area (Å²) >= 11 is 3.17. The lowest BCUT2D eigenvalue weighted by molar-refractivity contribution is 0.102. The number of thiazole rings is 1. The number of carbonyl (C=O) groups is 1. The summed E-state index contributed by atoms with van der Waals surface area (Å²) in [5, 5.41) is 3.26. The van der Waals surface area contributed by atoms with Crippen LogP contribution in [0.4, 0.5) is 5.13 Å². The molecule has 1 aliphatic heterocycles. The molecule has 1 amide bonds. The molecule has 0 unspecified atom stereocenters. The molecule has 2 aromatic carbocycles. The van der Waals surface area contributed by atoms with E-state index in [0.717, 1.165) is 21.9 Å². The van der Waals surface area contributed by atoms with Crippen LogP contribution in [0.15, 0.2) is 58.3 Å². The Morgan fingerprint density at radius 3 is 2.70 bits per heavy atom. The number of rotatable bonds is 4. The third-order valence-corrected chi connectivity index (χ3v) is 8.31. The quantitative estimate of drug-likeness (QED) is 0.679. The first-order valence-corrected chi connectivity index (χ1v) is 11.8. The number of fused-ring (bicyclic) bond motifs is 3. The summed E-state index contributed by atoms with van der Waals surface area (Å²) in [5.41, 5.74) is 2.09. The summed E-state index contributed by atoms with van der Waals surface area (Å²) < 4.78 is 24.6. The van der Waals surface area contributed by atoms with Crippen LogP contribution in [-0.2, 0) is 15.6 Å². The molecule has 138 valence electrons. The SMILES string of the molecule is CCS(=O)(=O)c1ccccc1C(=O)Nc1nc2c(s1)CSc1ccccc1-2. The van der Waals surface area contributed by atoms with Crippen molar-refractivity contribution >= 4 is 44.0 Å². The van der Waals surface area contributed by atoms with E-state index in [9.17, 15) is 13.2 Å². The van der Waals surface area contributed by atoms with Gasteiger partial charge in [-0.15, -0.1) is 23.1 Å². The standard InChI is InChI=1S/C19H16N2O3S3/c1-2-27(23,24)16-10-6-4-8-13(16)18(22)21-19-20-17-12-7-3-5-9-14(12)25-11-15(17)26-19/h3-10H,2,11H2,1H3,(H,20,21,22). The first-order valence-electron chi connectivity index (χ1n) is 8.34. The number of amides is 1. The van der Waals surface area contributed by atoms with E-state index in [2.05, 4.69) is 16.4 Å². The van der Waals surface area contributed by atoms with E-state index in [1.807, 2.05) is 18.2 Å². The van der Waals surface area contributed by atoms with E-state index >= 15 is 0 Å². The van der Waals surface area contributed by atoms with Gasteiger partial charge in [0.15, 0.2) is 15.0 Å². The van der Waals surface area contributed by atoms with Gasteiger partial charge in [-0.05, 0) is 18.2 Å². The topological polar surface area (TPSA) is 76.1 Å². The first-order chi connectivity index (χ1) is 13.0. The minimum atomic E-state index is -3.49. The average molecular weight is 417 g/mol. The summed E-state index contributed by atoms with van der Waals surface area (Å²) in [5.74, 6) is 0.284. The van der Waals surface area contributed by atoms with Gasteiger partial charge in [0.2, 0.25) is 0 Å². The fourth-order valence-electron chi connectivity index (χ4n) is 2.89. The van der Waals surface area contributed by atoms with Crippen molar-refractivity contribution < 1.29 is 13.2 Å². The number of carbonyl (C=O) groups excluding carboxylic acids is 1. The summed E-state index contributed by atoms with van der Waals surface area (Å²) in [6.45, 7) is 1.56. The van der Waals surface area contributed by atoms with Crippen molar-refractivity contribution in [1.82, 2.24) is 4.98 Å². The molecule has 0 aliphatic carbocycles. The van der Waals surface area contributed by atoms with Gasteiger partial charge < -0.3 is 0 Å². The molecule has 27 heavy (non-hydrogen) atoms. The number of hydrogen-bond donors (Lipinski definition) is 1. The third-order valence-electron chi connectivity index (χ3n) is 4.27. The molecule has 0 spiro atoms. The van der Waals surface area contributed by atoms with Gasteiger partial charge in [-0.3, -0.25) is 10.1 Å². The fraction of sp³-hybridized carbons (Fsp3) is 0.158. The Bertz CT molecular complexity index is 1140. The third kappa shape index (κ3) is 3.40. The van der Waals surface area contributed by atoms with E-state index in [1.54, 1.807) is 30.8 Å². The van der Waals surface area contributed by atoms with Crippen LogP contribution in [0, 0.1) is 0 Å².